The van der Waals surface area contributed by atoms with E-state index in [1.54, 1.807) is 12.1 Å². The Hall–Kier alpha value is -2.55. The van der Waals surface area contributed by atoms with Crippen molar-refractivity contribution in [3.05, 3.63) is 65.0 Å². The fourth-order valence-electron chi connectivity index (χ4n) is 3.62. The topological polar surface area (TPSA) is 79.4 Å². The number of benzene rings is 2. The van der Waals surface area contributed by atoms with Gasteiger partial charge in [-0.3, -0.25) is 10.1 Å². The van der Waals surface area contributed by atoms with Crippen molar-refractivity contribution in [1.29, 1.82) is 0 Å². The van der Waals surface area contributed by atoms with Crippen LogP contribution in [0.25, 0.3) is 11.3 Å². The summed E-state index contributed by atoms with van der Waals surface area (Å²) in [5.41, 5.74) is 3.51. The van der Waals surface area contributed by atoms with E-state index in [0.29, 0.717) is 23.8 Å². The van der Waals surface area contributed by atoms with Gasteiger partial charge in [0, 0.05) is 29.6 Å². The van der Waals surface area contributed by atoms with Crippen molar-refractivity contribution in [3.63, 3.8) is 0 Å². The van der Waals surface area contributed by atoms with Crippen molar-refractivity contribution < 1.29 is 13.2 Å². The molecule has 6 nitrogen and oxygen atoms in total. The molecule has 8 heteroatoms. The second-order valence-electron chi connectivity index (χ2n) is 7.57. The van der Waals surface area contributed by atoms with E-state index < -0.39 is 10.0 Å². The second kappa shape index (κ2) is 9.30. The molecule has 162 valence electrons. The van der Waals surface area contributed by atoms with E-state index >= 15 is 0 Å². The summed E-state index contributed by atoms with van der Waals surface area (Å²) < 4.78 is 26.7. The molecule has 0 unspecified atom stereocenters. The van der Waals surface area contributed by atoms with Crippen LogP contribution in [0.15, 0.2) is 58.8 Å². The lowest BCUT2D eigenvalue weighted by Gasteiger charge is -2.15. The highest BCUT2D eigenvalue weighted by atomic mass is 32.2. The largest absolute Gasteiger partial charge is 0.298 e. The molecular weight excluding hydrogens is 430 g/mol. The average molecular weight is 456 g/mol. The van der Waals surface area contributed by atoms with Gasteiger partial charge in [-0.25, -0.2) is 13.4 Å². The normalized spacial score (nSPS) is 14.6. The van der Waals surface area contributed by atoms with Crippen LogP contribution < -0.4 is 5.32 Å². The molecule has 2 heterocycles. The van der Waals surface area contributed by atoms with Gasteiger partial charge in [0.2, 0.25) is 10.0 Å². The molecule has 31 heavy (non-hydrogen) atoms. The monoisotopic (exact) mass is 455 g/mol. The molecule has 0 radical (unpaired) electrons. The molecule has 1 fully saturated rings. The number of thiazole rings is 1. The summed E-state index contributed by atoms with van der Waals surface area (Å²) in [6, 6.07) is 14.4. The van der Waals surface area contributed by atoms with Gasteiger partial charge in [0.1, 0.15) is 0 Å². The number of sulfonamides is 1. The standard InChI is InChI=1S/C23H25N3O3S2/c1-2-5-17-6-8-18(9-7-17)21-16-30-23(24-21)25-22(27)19-10-12-20(13-11-19)31(28,29)26-14-3-4-15-26/h6-13,16H,2-5,14-15H2,1H3,(H,24,25,27). The lowest BCUT2D eigenvalue weighted by atomic mass is 10.1. The summed E-state index contributed by atoms with van der Waals surface area (Å²) in [5.74, 6) is -0.315. The Labute approximate surface area is 187 Å². The minimum atomic E-state index is -3.48. The third-order valence-corrected chi connectivity index (χ3v) is 8.00. The molecule has 0 saturated carbocycles. The van der Waals surface area contributed by atoms with E-state index in [2.05, 4.69) is 29.4 Å². The molecule has 0 bridgehead atoms. The van der Waals surface area contributed by atoms with E-state index in [4.69, 9.17) is 0 Å². The number of carbonyl (C=O) groups excluding carboxylic acids is 1. The summed E-state index contributed by atoms with van der Waals surface area (Å²) in [6.07, 6.45) is 3.94. The van der Waals surface area contributed by atoms with Gasteiger partial charge < -0.3 is 0 Å². The molecule has 4 rings (SSSR count). The molecule has 0 atom stereocenters. The van der Waals surface area contributed by atoms with Crippen LogP contribution in [0.3, 0.4) is 0 Å². The fourth-order valence-corrected chi connectivity index (χ4v) is 5.85. The molecule has 0 aliphatic carbocycles. The number of hydrogen-bond donors (Lipinski definition) is 1. The van der Waals surface area contributed by atoms with Crippen molar-refractivity contribution >= 4 is 32.4 Å². The van der Waals surface area contributed by atoms with E-state index in [-0.39, 0.29) is 10.8 Å². The molecule has 1 aliphatic heterocycles. The van der Waals surface area contributed by atoms with E-state index in [9.17, 15) is 13.2 Å². The molecule has 1 saturated heterocycles. The number of nitrogens with zero attached hydrogens (tertiary/aromatic N) is 2. The lowest BCUT2D eigenvalue weighted by molar-refractivity contribution is 0.102. The molecule has 1 amide bonds. The van der Waals surface area contributed by atoms with Crippen molar-refractivity contribution in [2.75, 3.05) is 18.4 Å². The maximum absolute atomic E-state index is 12.6. The quantitative estimate of drug-likeness (QED) is 0.555. The first-order chi connectivity index (χ1) is 15.0. The molecular formula is C23H25N3O3S2. The molecule has 1 N–H and O–H groups in total. The molecule has 2 aromatic carbocycles. The van der Waals surface area contributed by atoms with Crippen molar-refractivity contribution in [2.24, 2.45) is 0 Å². The highest BCUT2D eigenvalue weighted by Gasteiger charge is 2.27. The predicted octanol–water partition coefficient (Wildman–Crippen LogP) is 4.80. The number of aromatic nitrogens is 1. The number of rotatable bonds is 7. The first-order valence-corrected chi connectivity index (χ1v) is 12.8. The first kappa shape index (κ1) is 21.7. The van der Waals surface area contributed by atoms with E-state index in [1.807, 2.05) is 17.5 Å². The van der Waals surface area contributed by atoms with Crippen LogP contribution in [0.5, 0.6) is 0 Å². The second-order valence-corrected chi connectivity index (χ2v) is 10.4. The zero-order valence-electron chi connectivity index (χ0n) is 17.4. The number of carbonyl (C=O) groups is 1. The maximum Gasteiger partial charge on any atom is 0.257 e. The minimum absolute atomic E-state index is 0.217. The minimum Gasteiger partial charge on any atom is -0.298 e. The summed E-state index contributed by atoms with van der Waals surface area (Å²) in [4.78, 5) is 17.3. The number of amides is 1. The van der Waals surface area contributed by atoms with Gasteiger partial charge in [-0.1, -0.05) is 37.6 Å². The Bertz CT molecular complexity index is 1150. The van der Waals surface area contributed by atoms with Crippen molar-refractivity contribution in [1.82, 2.24) is 9.29 Å². The summed E-state index contributed by atoms with van der Waals surface area (Å²) in [5, 5.41) is 5.22. The van der Waals surface area contributed by atoms with Crippen molar-refractivity contribution in [3.8, 4) is 11.3 Å². The van der Waals surface area contributed by atoms with Crippen LogP contribution in [0.2, 0.25) is 0 Å². The predicted molar refractivity (Wildman–Crippen MR) is 124 cm³/mol. The Morgan fingerprint density at radius 1 is 1.06 bits per heavy atom. The molecule has 1 aromatic heterocycles. The van der Waals surface area contributed by atoms with Crippen LogP contribution in [0.1, 0.15) is 42.1 Å². The zero-order chi connectivity index (χ0) is 21.8. The van der Waals surface area contributed by atoms with Crippen LogP contribution in [0, 0.1) is 0 Å². The zero-order valence-corrected chi connectivity index (χ0v) is 19.0. The fraction of sp³-hybridized carbons (Fsp3) is 0.304. The molecule has 0 spiro atoms. The van der Waals surface area contributed by atoms with Gasteiger partial charge in [0.05, 0.1) is 10.6 Å². The number of anilines is 1. The highest BCUT2D eigenvalue weighted by Crippen LogP contribution is 2.26. The number of aryl methyl sites for hydroxylation is 1. The highest BCUT2D eigenvalue weighted by molar-refractivity contribution is 7.89. The van der Waals surface area contributed by atoms with Crippen LogP contribution >= 0.6 is 11.3 Å². The maximum atomic E-state index is 12.6. The number of nitrogens with one attached hydrogen (secondary N) is 1. The van der Waals surface area contributed by atoms with Crippen LogP contribution in [-0.4, -0.2) is 36.7 Å². The average Bonchev–Trinajstić information content (AvgIpc) is 3.47. The third-order valence-electron chi connectivity index (χ3n) is 5.33. The van der Waals surface area contributed by atoms with Crippen LogP contribution in [-0.2, 0) is 16.4 Å². The van der Waals surface area contributed by atoms with Gasteiger partial charge in [0.25, 0.3) is 5.91 Å². The first-order valence-electron chi connectivity index (χ1n) is 10.4. The Kier molecular flexibility index (Phi) is 6.50. The van der Waals surface area contributed by atoms with Crippen LogP contribution in [0.4, 0.5) is 5.13 Å². The third kappa shape index (κ3) is 4.87. The lowest BCUT2D eigenvalue weighted by Crippen LogP contribution is -2.27. The van der Waals surface area contributed by atoms with E-state index in [1.165, 1.54) is 33.3 Å². The smallest absolute Gasteiger partial charge is 0.257 e. The van der Waals surface area contributed by atoms with Gasteiger partial charge in [0.15, 0.2) is 5.13 Å². The van der Waals surface area contributed by atoms with Gasteiger partial charge in [-0.05, 0) is 49.1 Å². The van der Waals surface area contributed by atoms with Crippen molar-refractivity contribution in [2.45, 2.75) is 37.5 Å². The molecule has 1 aliphatic rings. The van der Waals surface area contributed by atoms with Gasteiger partial charge >= 0.3 is 0 Å². The summed E-state index contributed by atoms with van der Waals surface area (Å²) in [7, 11) is -3.48. The van der Waals surface area contributed by atoms with E-state index in [0.717, 1.165) is 36.9 Å². The SMILES string of the molecule is CCCc1ccc(-c2csc(NC(=O)c3ccc(S(=O)(=O)N4CCCC4)cc3)n2)cc1. The summed E-state index contributed by atoms with van der Waals surface area (Å²) >= 11 is 1.36. The Morgan fingerprint density at radius 3 is 2.39 bits per heavy atom. The summed E-state index contributed by atoms with van der Waals surface area (Å²) in [6.45, 7) is 3.26. The number of hydrogen-bond acceptors (Lipinski definition) is 5. The Balaban J connectivity index is 1.43. The van der Waals surface area contributed by atoms with Gasteiger partial charge in [-0.2, -0.15) is 4.31 Å². The van der Waals surface area contributed by atoms with Gasteiger partial charge in [-0.15, -0.1) is 11.3 Å². The molecule has 3 aromatic rings. The Morgan fingerprint density at radius 2 is 1.74 bits per heavy atom.